The molecule has 1 N–H and O–H groups in total. The summed E-state index contributed by atoms with van der Waals surface area (Å²) in [6.45, 7) is 3.25. The Bertz CT molecular complexity index is 627. The van der Waals surface area contributed by atoms with Gasteiger partial charge in [0.1, 0.15) is 5.82 Å². The van der Waals surface area contributed by atoms with E-state index >= 15 is 0 Å². The van der Waals surface area contributed by atoms with Crippen LogP contribution in [0.1, 0.15) is 29.3 Å². The lowest BCUT2D eigenvalue weighted by atomic mass is 10.0. The summed E-state index contributed by atoms with van der Waals surface area (Å²) >= 11 is 0. The number of sulfone groups is 1. The summed E-state index contributed by atoms with van der Waals surface area (Å²) in [5.41, 5.74) is -0.478. The lowest BCUT2D eigenvalue weighted by Crippen LogP contribution is -2.47. The summed E-state index contributed by atoms with van der Waals surface area (Å²) in [5.74, 6) is -1.18. The van der Waals surface area contributed by atoms with Gasteiger partial charge in [0.25, 0.3) is 5.91 Å². The topological polar surface area (TPSA) is 63.2 Å². The van der Waals surface area contributed by atoms with Gasteiger partial charge in [-0.1, -0.05) is 12.1 Å². The molecule has 0 aromatic heterocycles. The van der Waals surface area contributed by atoms with Gasteiger partial charge in [-0.05, 0) is 31.9 Å². The van der Waals surface area contributed by atoms with E-state index in [0.717, 1.165) is 0 Å². The average Bonchev–Trinajstić information content (AvgIpc) is 2.56. The molecule has 1 fully saturated rings. The molecule has 0 bridgehead atoms. The van der Waals surface area contributed by atoms with Gasteiger partial charge in [0, 0.05) is 0 Å². The van der Waals surface area contributed by atoms with E-state index in [0.29, 0.717) is 12.0 Å². The van der Waals surface area contributed by atoms with Crippen LogP contribution >= 0.6 is 0 Å². The predicted molar refractivity (Wildman–Crippen MR) is 70.3 cm³/mol. The van der Waals surface area contributed by atoms with Crippen molar-refractivity contribution in [2.75, 3.05) is 11.5 Å². The van der Waals surface area contributed by atoms with E-state index < -0.39 is 27.1 Å². The average molecular weight is 285 g/mol. The summed E-state index contributed by atoms with van der Waals surface area (Å²) in [4.78, 5) is 12.0. The van der Waals surface area contributed by atoms with Crippen LogP contribution < -0.4 is 5.32 Å². The fourth-order valence-corrected chi connectivity index (χ4v) is 4.37. The molecule has 1 heterocycles. The number of aryl methyl sites for hydroxylation is 1. The second-order valence-electron chi connectivity index (χ2n) is 5.29. The molecule has 19 heavy (non-hydrogen) atoms. The summed E-state index contributed by atoms with van der Waals surface area (Å²) < 4.78 is 36.7. The minimum absolute atomic E-state index is 0.0504. The Morgan fingerprint density at radius 2 is 2.11 bits per heavy atom. The van der Waals surface area contributed by atoms with Crippen molar-refractivity contribution < 1.29 is 17.6 Å². The highest BCUT2D eigenvalue weighted by atomic mass is 32.2. The van der Waals surface area contributed by atoms with Crippen molar-refractivity contribution in [2.45, 2.75) is 25.8 Å². The molecule has 1 aliphatic heterocycles. The van der Waals surface area contributed by atoms with Gasteiger partial charge >= 0.3 is 0 Å². The summed E-state index contributed by atoms with van der Waals surface area (Å²) in [6, 6.07) is 4.57. The molecule has 1 amide bonds. The highest BCUT2D eigenvalue weighted by molar-refractivity contribution is 7.91. The van der Waals surface area contributed by atoms with E-state index in [9.17, 15) is 17.6 Å². The van der Waals surface area contributed by atoms with Crippen molar-refractivity contribution in [3.05, 3.63) is 35.1 Å². The second kappa shape index (κ2) is 4.59. The van der Waals surface area contributed by atoms with E-state index in [1.54, 1.807) is 26.0 Å². The molecule has 1 aromatic rings. The molecule has 1 atom stereocenters. The Labute approximate surface area is 111 Å². The summed E-state index contributed by atoms with van der Waals surface area (Å²) in [7, 11) is -3.11. The molecule has 104 valence electrons. The predicted octanol–water partition coefficient (Wildman–Crippen LogP) is 1.44. The molecular weight excluding hydrogens is 269 g/mol. The van der Waals surface area contributed by atoms with Gasteiger partial charge in [-0.15, -0.1) is 0 Å². The largest absolute Gasteiger partial charge is 0.346 e. The number of hydrogen-bond donors (Lipinski definition) is 1. The lowest BCUT2D eigenvalue weighted by Gasteiger charge is -2.24. The molecule has 1 unspecified atom stereocenters. The van der Waals surface area contributed by atoms with Gasteiger partial charge < -0.3 is 5.32 Å². The zero-order valence-electron chi connectivity index (χ0n) is 10.9. The van der Waals surface area contributed by atoms with Crippen molar-refractivity contribution in [1.82, 2.24) is 5.32 Å². The van der Waals surface area contributed by atoms with E-state index in [1.165, 1.54) is 6.07 Å². The van der Waals surface area contributed by atoms with Crippen LogP contribution in [-0.4, -0.2) is 31.4 Å². The van der Waals surface area contributed by atoms with Crippen LogP contribution in [0.4, 0.5) is 4.39 Å². The third kappa shape index (κ3) is 2.94. The minimum atomic E-state index is -3.11. The van der Waals surface area contributed by atoms with Crippen molar-refractivity contribution in [2.24, 2.45) is 0 Å². The van der Waals surface area contributed by atoms with E-state index in [1.807, 2.05) is 0 Å². The molecule has 2 rings (SSSR count). The van der Waals surface area contributed by atoms with Crippen molar-refractivity contribution >= 4 is 15.7 Å². The van der Waals surface area contributed by atoms with Gasteiger partial charge in [-0.2, -0.15) is 0 Å². The Balaban J connectivity index is 2.21. The standard InChI is InChI=1S/C13H16FNO3S/c1-9-4-3-5-10(11(9)14)12(16)15-13(2)6-7-19(17,18)8-13/h3-5H,6-8H2,1-2H3,(H,15,16). The first-order valence-electron chi connectivity index (χ1n) is 6.00. The maximum Gasteiger partial charge on any atom is 0.254 e. The van der Waals surface area contributed by atoms with Crippen molar-refractivity contribution in [1.29, 1.82) is 0 Å². The van der Waals surface area contributed by atoms with Gasteiger partial charge in [0.2, 0.25) is 0 Å². The molecule has 1 aromatic carbocycles. The molecule has 6 heteroatoms. The Morgan fingerprint density at radius 3 is 2.68 bits per heavy atom. The van der Waals surface area contributed by atoms with E-state index in [4.69, 9.17) is 0 Å². The zero-order chi connectivity index (χ0) is 14.3. The van der Waals surface area contributed by atoms with Crippen LogP contribution in [0.5, 0.6) is 0 Å². The Morgan fingerprint density at radius 1 is 1.42 bits per heavy atom. The smallest absolute Gasteiger partial charge is 0.254 e. The van der Waals surface area contributed by atoms with E-state index in [2.05, 4.69) is 5.32 Å². The van der Waals surface area contributed by atoms with Crippen LogP contribution in [0.15, 0.2) is 18.2 Å². The molecular formula is C13H16FNO3S. The fraction of sp³-hybridized carbons (Fsp3) is 0.462. The number of hydrogen-bond acceptors (Lipinski definition) is 3. The maximum atomic E-state index is 13.8. The zero-order valence-corrected chi connectivity index (χ0v) is 11.7. The summed E-state index contributed by atoms with van der Waals surface area (Å²) in [5, 5.41) is 2.64. The molecule has 4 nitrogen and oxygen atoms in total. The first-order valence-corrected chi connectivity index (χ1v) is 7.83. The summed E-state index contributed by atoms with van der Waals surface area (Å²) in [6.07, 6.45) is 0.356. The maximum absolute atomic E-state index is 13.8. The first kappa shape index (κ1) is 14.0. The second-order valence-corrected chi connectivity index (χ2v) is 7.48. The highest BCUT2D eigenvalue weighted by Crippen LogP contribution is 2.23. The van der Waals surface area contributed by atoms with Crippen LogP contribution in [0.25, 0.3) is 0 Å². The molecule has 1 aliphatic rings. The quantitative estimate of drug-likeness (QED) is 0.894. The third-order valence-electron chi connectivity index (χ3n) is 3.36. The van der Waals surface area contributed by atoms with Gasteiger partial charge in [0.15, 0.2) is 9.84 Å². The van der Waals surface area contributed by atoms with Crippen LogP contribution in [0, 0.1) is 12.7 Å². The van der Waals surface area contributed by atoms with Crippen molar-refractivity contribution in [3.63, 3.8) is 0 Å². The van der Waals surface area contributed by atoms with Crippen molar-refractivity contribution in [3.8, 4) is 0 Å². The first-order chi connectivity index (χ1) is 8.72. The minimum Gasteiger partial charge on any atom is -0.346 e. The fourth-order valence-electron chi connectivity index (χ4n) is 2.27. The molecule has 1 saturated heterocycles. The van der Waals surface area contributed by atoms with Gasteiger partial charge in [-0.3, -0.25) is 4.79 Å². The van der Waals surface area contributed by atoms with Gasteiger partial charge in [-0.25, -0.2) is 12.8 Å². The number of halogens is 1. The van der Waals surface area contributed by atoms with E-state index in [-0.39, 0.29) is 17.1 Å². The Hall–Kier alpha value is -1.43. The third-order valence-corrected chi connectivity index (χ3v) is 5.26. The number of benzene rings is 1. The van der Waals surface area contributed by atoms with Crippen LogP contribution in [0.3, 0.4) is 0 Å². The number of carbonyl (C=O) groups is 1. The van der Waals surface area contributed by atoms with Crippen LogP contribution in [0.2, 0.25) is 0 Å². The number of rotatable bonds is 2. The monoisotopic (exact) mass is 285 g/mol. The van der Waals surface area contributed by atoms with Gasteiger partial charge in [0.05, 0.1) is 22.6 Å². The van der Waals surface area contributed by atoms with Crippen LogP contribution in [-0.2, 0) is 9.84 Å². The molecule has 0 aliphatic carbocycles. The SMILES string of the molecule is Cc1cccc(C(=O)NC2(C)CCS(=O)(=O)C2)c1F. The lowest BCUT2D eigenvalue weighted by molar-refractivity contribution is 0.0911. The molecule has 0 spiro atoms. The number of carbonyl (C=O) groups excluding carboxylic acids is 1. The molecule has 0 saturated carbocycles. The molecule has 0 radical (unpaired) electrons. The number of amides is 1. The number of nitrogens with one attached hydrogen (secondary N) is 1. The highest BCUT2D eigenvalue weighted by Gasteiger charge is 2.39. The normalized spacial score (nSPS) is 25.2. The Kier molecular flexibility index (Phi) is 3.38.